The molecule has 0 bridgehead atoms. The van der Waals surface area contributed by atoms with Gasteiger partial charge in [-0.3, -0.25) is 0 Å². The lowest BCUT2D eigenvalue weighted by atomic mass is 10.1. The van der Waals surface area contributed by atoms with Crippen molar-refractivity contribution in [3.8, 4) is 5.75 Å². The predicted molar refractivity (Wildman–Crippen MR) is 66.4 cm³/mol. The second kappa shape index (κ2) is 6.18. The first kappa shape index (κ1) is 12.6. The SMILES string of the molecule is C=C(OCC)c1cc(OC)ccc1CNC. The van der Waals surface area contributed by atoms with Crippen LogP contribution in [0.5, 0.6) is 5.75 Å². The molecule has 0 heterocycles. The van der Waals surface area contributed by atoms with Crippen molar-refractivity contribution >= 4 is 5.76 Å². The highest BCUT2D eigenvalue weighted by Crippen LogP contribution is 2.24. The maximum absolute atomic E-state index is 5.44. The Bertz CT molecular complexity index is 361. The van der Waals surface area contributed by atoms with Gasteiger partial charge >= 0.3 is 0 Å². The molecular formula is C13H19NO2. The van der Waals surface area contributed by atoms with E-state index in [0.717, 1.165) is 23.4 Å². The van der Waals surface area contributed by atoms with Gasteiger partial charge in [-0.2, -0.15) is 0 Å². The van der Waals surface area contributed by atoms with Gasteiger partial charge in [-0.15, -0.1) is 0 Å². The fourth-order valence-corrected chi connectivity index (χ4v) is 1.54. The lowest BCUT2D eigenvalue weighted by Gasteiger charge is -2.13. The Kier molecular flexibility index (Phi) is 4.86. The first-order chi connectivity index (χ1) is 7.72. The van der Waals surface area contributed by atoms with E-state index in [1.54, 1.807) is 7.11 Å². The summed E-state index contributed by atoms with van der Waals surface area (Å²) in [5, 5.41) is 3.12. The van der Waals surface area contributed by atoms with Gasteiger partial charge < -0.3 is 14.8 Å². The molecule has 0 aromatic heterocycles. The van der Waals surface area contributed by atoms with Gasteiger partial charge in [0.05, 0.1) is 13.7 Å². The molecule has 0 aliphatic heterocycles. The van der Waals surface area contributed by atoms with Gasteiger partial charge in [0.1, 0.15) is 11.5 Å². The minimum absolute atomic E-state index is 0.620. The number of hydrogen-bond donors (Lipinski definition) is 1. The van der Waals surface area contributed by atoms with Gasteiger partial charge in [0.2, 0.25) is 0 Å². The Morgan fingerprint density at radius 1 is 1.44 bits per heavy atom. The van der Waals surface area contributed by atoms with E-state index in [9.17, 15) is 0 Å². The first-order valence-electron chi connectivity index (χ1n) is 5.36. The van der Waals surface area contributed by atoms with Crippen molar-refractivity contribution in [2.45, 2.75) is 13.5 Å². The minimum atomic E-state index is 0.620. The second-order valence-corrected chi connectivity index (χ2v) is 3.41. The third-order valence-corrected chi connectivity index (χ3v) is 2.30. The number of benzene rings is 1. The summed E-state index contributed by atoms with van der Waals surface area (Å²) in [6, 6.07) is 5.91. The largest absolute Gasteiger partial charge is 0.497 e. The molecular weight excluding hydrogens is 202 g/mol. The van der Waals surface area contributed by atoms with Crippen LogP contribution in [-0.2, 0) is 11.3 Å². The van der Waals surface area contributed by atoms with E-state index < -0.39 is 0 Å². The maximum atomic E-state index is 5.44. The maximum Gasteiger partial charge on any atom is 0.119 e. The van der Waals surface area contributed by atoms with Gasteiger partial charge in [0, 0.05) is 12.1 Å². The second-order valence-electron chi connectivity index (χ2n) is 3.41. The van der Waals surface area contributed by atoms with Crippen LogP contribution >= 0.6 is 0 Å². The monoisotopic (exact) mass is 221 g/mol. The standard InChI is InChI=1S/C13H19NO2/c1-5-16-10(2)13-8-12(15-4)7-6-11(13)9-14-3/h6-8,14H,2,5,9H2,1,3-4H3. The van der Waals surface area contributed by atoms with E-state index in [0.29, 0.717) is 12.4 Å². The summed E-state index contributed by atoms with van der Waals surface area (Å²) in [6.07, 6.45) is 0. The van der Waals surface area contributed by atoms with Crippen LogP contribution in [0.15, 0.2) is 24.8 Å². The first-order valence-corrected chi connectivity index (χ1v) is 5.36. The van der Waals surface area contributed by atoms with Crippen LogP contribution in [0, 0.1) is 0 Å². The zero-order valence-electron chi connectivity index (χ0n) is 10.2. The average molecular weight is 221 g/mol. The number of rotatable bonds is 6. The molecule has 1 aromatic rings. The molecule has 0 fully saturated rings. The van der Waals surface area contributed by atoms with Gasteiger partial charge in [0.25, 0.3) is 0 Å². The normalized spacial score (nSPS) is 9.94. The van der Waals surface area contributed by atoms with E-state index >= 15 is 0 Å². The molecule has 0 aliphatic carbocycles. The van der Waals surface area contributed by atoms with E-state index in [4.69, 9.17) is 9.47 Å². The van der Waals surface area contributed by atoms with Gasteiger partial charge in [0.15, 0.2) is 0 Å². The molecule has 0 amide bonds. The van der Waals surface area contributed by atoms with Crippen molar-refractivity contribution in [1.29, 1.82) is 0 Å². The highest BCUT2D eigenvalue weighted by Gasteiger charge is 2.08. The smallest absolute Gasteiger partial charge is 0.119 e. The van der Waals surface area contributed by atoms with Gasteiger partial charge in [-0.05, 0) is 31.7 Å². The molecule has 3 heteroatoms. The molecule has 0 saturated carbocycles. The lowest BCUT2D eigenvalue weighted by Crippen LogP contribution is -2.08. The van der Waals surface area contributed by atoms with Crippen LogP contribution in [0.2, 0.25) is 0 Å². The number of hydrogen-bond acceptors (Lipinski definition) is 3. The molecule has 0 spiro atoms. The van der Waals surface area contributed by atoms with Crippen LogP contribution in [0.3, 0.4) is 0 Å². The molecule has 88 valence electrons. The van der Waals surface area contributed by atoms with Crippen LogP contribution in [-0.4, -0.2) is 20.8 Å². The zero-order valence-corrected chi connectivity index (χ0v) is 10.2. The Labute approximate surface area is 97.1 Å². The fourth-order valence-electron chi connectivity index (χ4n) is 1.54. The molecule has 1 rings (SSSR count). The molecule has 1 N–H and O–H groups in total. The molecule has 0 aliphatic rings. The highest BCUT2D eigenvalue weighted by molar-refractivity contribution is 5.62. The Morgan fingerprint density at radius 3 is 2.75 bits per heavy atom. The topological polar surface area (TPSA) is 30.5 Å². The Hall–Kier alpha value is -1.48. The predicted octanol–water partition coefficient (Wildman–Crippen LogP) is 2.42. The number of methoxy groups -OCH3 is 1. The average Bonchev–Trinajstić information content (AvgIpc) is 2.30. The van der Waals surface area contributed by atoms with Crippen molar-refractivity contribution in [2.24, 2.45) is 0 Å². The summed E-state index contributed by atoms with van der Waals surface area (Å²) in [7, 11) is 3.57. The molecule has 0 atom stereocenters. The van der Waals surface area contributed by atoms with Gasteiger partial charge in [-0.25, -0.2) is 0 Å². The highest BCUT2D eigenvalue weighted by atomic mass is 16.5. The molecule has 0 saturated heterocycles. The molecule has 1 aromatic carbocycles. The minimum Gasteiger partial charge on any atom is -0.497 e. The van der Waals surface area contributed by atoms with E-state index in [-0.39, 0.29) is 0 Å². The lowest BCUT2D eigenvalue weighted by molar-refractivity contribution is 0.298. The van der Waals surface area contributed by atoms with Crippen molar-refractivity contribution in [3.05, 3.63) is 35.9 Å². The quantitative estimate of drug-likeness (QED) is 0.748. The molecule has 16 heavy (non-hydrogen) atoms. The fraction of sp³-hybridized carbons (Fsp3) is 0.385. The molecule has 3 nitrogen and oxygen atoms in total. The summed E-state index contributed by atoms with van der Waals surface area (Å²) in [5.74, 6) is 1.50. The molecule has 0 radical (unpaired) electrons. The van der Waals surface area contributed by atoms with Crippen LogP contribution < -0.4 is 10.1 Å². The van der Waals surface area contributed by atoms with Crippen LogP contribution in [0.1, 0.15) is 18.1 Å². The Balaban J connectivity index is 3.04. The van der Waals surface area contributed by atoms with Crippen molar-refractivity contribution in [3.63, 3.8) is 0 Å². The number of nitrogens with one attached hydrogen (secondary N) is 1. The van der Waals surface area contributed by atoms with Crippen molar-refractivity contribution in [2.75, 3.05) is 20.8 Å². The summed E-state index contributed by atoms with van der Waals surface area (Å²) in [5.41, 5.74) is 2.15. The summed E-state index contributed by atoms with van der Waals surface area (Å²) in [6.45, 7) is 7.28. The van der Waals surface area contributed by atoms with E-state index in [1.807, 2.05) is 32.2 Å². The third-order valence-electron chi connectivity index (χ3n) is 2.30. The van der Waals surface area contributed by atoms with Gasteiger partial charge in [-0.1, -0.05) is 12.6 Å². The Morgan fingerprint density at radius 2 is 2.19 bits per heavy atom. The zero-order chi connectivity index (χ0) is 12.0. The van der Waals surface area contributed by atoms with E-state index in [1.165, 1.54) is 0 Å². The van der Waals surface area contributed by atoms with E-state index in [2.05, 4.69) is 11.9 Å². The summed E-state index contributed by atoms with van der Waals surface area (Å²) in [4.78, 5) is 0. The van der Waals surface area contributed by atoms with Crippen molar-refractivity contribution < 1.29 is 9.47 Å². The van der Waals surface area contributed by atoms with Crippen LogP contribution in [0.4, 0.5) is 0 Å². The number of ether oxygens (including phenoxy) is 2. The third kappa shape index (κ3) is 3.00. The summed E-state index contributed by atoms with van der Waals surface area (Å²) >= 11 is 0. The van der Waals surface area contributed by atoms with Crippen molar-refractivity contribution in [1.82, 2.24) is 5.32 Å². The summed E-state index contributed by atoms with van der Waals surface area (Å²) < 4.78 is 10.6. The van der Waals surface area contributed by atoms with Crippen LogP contribution in [0.25, 0.3) is 5.76 Å². The molecule has 0 unspecified atom stereocenters.